The molecule has 0 aliphatic heterocycles. The van der Waals surface area contributed by atoms with Crippen LogP contribution in [0.3, 0.4) is 0 Å². The molecule has 4 heterocycles. The lowest BCUT2D eigenvalue weighted by Gasteiger charge is -2.10. The van der Waals surface area contributed by atoms with Crippen molar-refractivity contribution in [2.45, 2.75) is 6.42 Å². The van der Waals surface area contributed by atoms with E-state index >= 15 is 0 Å². The van der Waals surface area contributed by atoms with Crippen LogP contribution in [-0.4, -0.2) is 14.5 Å². The Morgan fingerprint density at radius 3 is 2.21 bits per heavy atom. The van der Waals surface area contributed by atoms with E-state index in [1.165, 1.54) is 48.6 Å². The van der Waals surface area contributed by atoms with Crippen molar-refractivity contribution in [3.05, 3.63) is 174 Å². The van der Waals surface area contributed by atoms with Gasteiger partial charge in [-0.2, -0.15) is 0 Å². The van der Waals surface area contributed by atoms with Crippen molar-refractivity contribution in [1.29, 1.82) is 0 Å². The fraction of sp³-hybridized carbons (Fsp3) is 0.0196. The summed E-state index contributed by atoms with van der Waals surface area (Å²) in [6, 6.07) is 54.0. The van der Waals surface area contributed by atoms with Crippen LogP contribution in [0.2, 0.25) is 0 Å². The number of hydrogen-bond donors (Lipinski definition) is 0. The minimum Gasteiger partial charge on any atom is -0.456 e. The zero-order valence-electron chi connectivity index (χ0n) is 30.1. The van der Waals surface area contributed by atoms with Crippen molar-refractivity contribution < 1.29 is 4.42 Å². The van der Waals surface area contributed by atoms with E-state index in [0.29, 0.717) is 5.82 Å². The van der Waals surface area contributed by atoms with Crippen molar-refractivity contribution in [2.75, 3.05) is 0 Å². The van der Waals surface area contributed by atoms with Crippen LogP contribution in [0.25, 0.3) is 116 Å². The van der Waals surface area contributed by atoms with Gasteiger partial charge in [-0.05, 0) is 70.8 Å². The van der Waals surface area contributed by atoms with E-state index < -0.39 is 0 Å². The van der Waals surface area contributed by atoms with Gasteiger partial charge in [-0.25, -0.2) is 9.97 Å². The van der Waals surface area contributed by atoms with Gasteiger partial charge < -0.3 is 8.98 Å². The van der Waals surface area contributed by atoms with Gasteiger partial charge in [0.2, 0.25) is 0 Å². The Hall–Kier alpha value is -7.08. The van der Waals surface area contributed by atoms with E-state index in [4.69, 9.17) is 14.4 Å². The van der Waals surface area contributed by atoms with Crippen molar-refractivity contribution in [3.63, 3.8) is 0 Å². The third kappa shape index (κ3) is 4.78. The van der Waals surface area contributed by atoms with Crippen LogP contribution in [0.5, 0.6) is 0 Å². The molecule has 7 aromatic carbocycles. The van der Waals surface area contributed by atoms with Gasteiger partial charge in [0.25, 0.3) is 0 Å². The van der Waals surface area contributed by atoms with Gasteiger partial charge in [-0.15, -0.1) is 11.3 Å². The zero-order chi connectivity index (χ0) is 36.7. The Morgan fingerprint density at radius 2 is 1.32 bits per heavy atom. The second kappa shape index (κ2) is 12.2. The number of para-hydroxylation sites is 1. The molecule has 0 saturated carbocycles. The summed E-state index contributed by atoms with van der Waals surface area (Å²) in [6.07, 6.45) is 9.79. The predicted molar refractivity (Wildman–Crippen MR) is 236 cm³/mol. The van der Waals surface area contributed by atoms with Gasteiger partial charge in [0.05, 0.1) is 26.9 Å². The summed E-state index contributed by atoms with van der Waals surface area (Å²) >= 11 is 1.77. The number of nitrogens with zero attached hydrogens (tertiary/aromatic N) is 3. The fourth-order valence-electron chi connectivity index (χ4n) is 8.58. The van der Waals surface area contributed by atoms with E-state index in [2.05, 4.69) is 181 Å². The van der Waals surface area contributed by atoms with E-state index in [1.54, 1.807) is 11.3 Å². The summed E-state index contributed by atoms with van der Waals surface area (Å²) in [5.41, 5.74) is 12.5. The monoisotopic (exact) mass is 733 g/mol. The molecule has 262 valence electrons. The third-order valence-corrected chi connectivity index (χ3v) is 12.4. The molecular formula is C51H31N3OS. The molecule has 1 aliphatic rings. The number of furan rings is 1. The first-order valence-corrected chi connectivity index (χ1v) is 19.8. The summed E-state index contributed by atoms with van der Waals surface area (Å²) in [5.74, 6) is 0.688. The molecule has 0 N–H and O–H groups in total. The minimum atomic E-state index is 0.688. The van der Waals surface area contributed by atoms with E-state index in [0.717, 1.165) is 66.6 Å². The van der Waals surface area contributed by atoms with Crippen molar-refractivity contribution in [2.24, 2.45) is 0 Å². The van der Waals surface area contributed by atoms with Gasteiger partial charge in [0, 0.05) is 54.9 Å². The van der Waals surface area contributed by atoms with E-state index in [1.807, 2.05) is 0 Å². The van der Waals surface area contributed by atoms with Gasteiger partial charge in [-0.1, -0.05) is 127 Å². The maximum atomic E-state index is 6.71. The molecule has 12 rings (SSSR count). The van der Waals surface area contributed by atoms with Crippen LogP contribution in [0.15, 0.2) is 168 Å². The van der Waals surface area contributed by atoms with Crippen molar-refractivity contribution in [1.82, 2.24) is 14.5 Å². The number of hydrogen-bond acceptors (Lipinski definition) is 4. The molecule has 0 bridgehead atoms. The normalized spacial score (nSPS) is 12.8. The molecule has 5 heteroatoms. The van der Waals surface area contributed by atoms with Gasteiger partial charge >= 0.3 is 0 Å². The highest BCUT2D eigenvalue weighted by atomic mass is 32.1. The average Bonchev–Trinajstić information content (AvgIpc) is 3.84. The number of benzene rings is 7. The Bertz CT molecular complexity index is 3440. The Kier molecular flexibility index (Phi) is 6.83. The smallest absolute Gasteiger partial charge is 0.161 e. The summed E-state index contributed by atoms with van der Waals surface area (Å²) < 4.78 is 10.2. The molecule has 11 aromatic rings. The summed E-state index contributed by atoms with van der Waals surface area (Å²) in [4.78, 5) is 12.0. The lowest BCUT2D eigenvalue weighted by molar-refractivity contribution is 0.668. The zero-order valence-corrected chi connectivity index (χ0v) is 30.9. The number of thiophene rings is 1. The largest absolute Gasteiger partial charge is 0.456 e. The SMILES string of the molecule is C1=Cc2sc3c(-c4ccc(-c5ccccc5)cc4)nc(-c4cccc5oc6cc(-n7c8ccccc8c8cc9ccccc9cc87)ccc6c45)nc3c2C=CC1. The molecular weight excluding hydrogens is 703 g/mol. The highest BCUT2D eigenvalue weighted by molar-refractivity contribution is 7.20. The van der Waals surface area contributed by atoms with E-state index in [9.17, 15) is 0 Å². The van der Waals surface area contributed by atoms with Crippen LogP contribution < -0.4 is 0 Å². The maximum absolute atomic E-state index is 6.71. The Balaban J connectivity index is 1.06. The molecule has 0 amide bonds. The summed E-state index contributed by atoms with van der Waals surface area (Å²) in [5, 5.41) is 6.98. The lowest BCUT2D eigenvalue weighted by Crippen LogP contribution is -1.95. The number of aromatic nitrogens is 3. The highest BCUT2D eigenvalue weighted by Gasteiger charge is 2.22. The lowest BCUT2D eigenvalue weighted by atomic mass is 10.0. The number of fused-ring (bicyclic) bond motifs is 10. The summed E-state index contributed by atoms with van der Waals surface area (Å²) in [6.45, 7) is 0. The fourth-order valence-corrected chi connectivity index (χ4v) is 9.75. The molecule has 4 nitrogen and oxygen atoms in total. The second-order valence-corrected chi connectivity index (χ2v) is 15.5. The van der Waals surface area contributed by atoms with Crippen LogP contribution in [0.1, 0.15) is 16.9 Å². The molecule has 56 heavy (non-hydrogen) atoms. The van der Waals surface area contributed by atoms with E-state index in [-0.39, 0.29) is 0 Å². The molecule has 1 aliphatic carbocycles. The third-order valence-electron chi connectivity index (χ3n) is 11.2. The first-order valence-electron chi connectivity index (χ1n) is 19.0. The predicted octanol–water partition coefficient (Wildman–Crippen LogP) is 14.3. The van der Waals surface area contributed by atoms with Crippen LogP contribution >= 0.6 is 11.3 Å². The molecule has 0 radical (unpaired) electrons. The molecule has 0 atom stereocenters. The topological polar surface area (TPSA) is 43.9 Å². The first-order chi connectivity index (χ1) is 27.7. The molecule has 0 saturated heterocycles. The van der Waals surface area contributed by atoms with Gasteiger partial charge in [0.15, 0.2) is 5.82 Å². The first kappa shape index (κ1) is 31.3. The van der Waals surface area contributed by atoms with Gasteiger partial charge in [0.1, 0.15) is 11.2 Å². The standard InChI is InChI=1S/C51H31N3OS/c1-3-12-31(13-4-1)32-22-24-33(25-23-32)48-50-49(39-17-5-2-6-21-46(39)56-50)53-51(52-48)40-18-11-20-44-47(40)38-27-26-36(30-45(38)55-44)54-42-19-10-9-16-37(42)41-28-34-14-7-8-15-35(34)29-43(41)54/h1,3-30H,2H2. The van der Waals surface area contributed by atoms with Crippen LogP contribution in [0.4, 0.5) is 0 Å². The molecule has 4 aromatic heterocycles. The molecule has 0 spiro atoms. The highest BCUT2D eigenvalue weighted by Crippen LogP contribution is 2.43. The second-order valence-electron chi connectivity index (χ2n) is 14.5. The van der Waals surface area contributed by atoms with Crippen LogP contribution in [0, 0.1) is 0 Å². The quantitative estimate of drug-likeness (QED) is 0.181. The molecule has 0 unspecified atom stereocenters. The average molecular weight is 734 g/mol. The van der Waals surface area contributed by atoms with Crippen molar-refractivity contribution >= 4 is 88.2 Å². The van der Waals surface area contributed by atoms with Crippen LogP contribution in [-0.2, 0) is 0 Å². The minimum absolute atomic E-state index is 0.688. The summed E-state index contributed by atoms with van der Waals surface area (Å²) in [7, 11) is 0. The van der Waals surface area contributed by atoms with Crippen molar-refractivity contribution in [3.8, 4) is 39.5 Å². The number of allylic oxidation sites excluding steroid dienone is 2. The Labute approximate surface area is 325 Å². The maximum Gasteiger partial charge on any atom is 0.161 e. The van der Waals surface area contributed by atoms with Gasteiger partial charge in [-0.3, -0.25) is 0 Å². The number of rotatable bonds is 4. The Morgan fingerprint density at radius 1 is 0.554 bits per heavy atom. The molecule has 0 fully saturated rings.